The van der Waals surface area contributed by atoms with E-state index in [1.54, 1.807) is 11.8 Å². The van der Waals surface area contributed by atoms with Crippen LogP contribution in [0.5, 0.6) is 0 Å². The van der Waals surface area contributed by atoms with E-state index >= 15 is 0 Å². The highest BCUT2D eigenvalue weighted by Gasteiger charge is 2.51. The molecule has 1 aliphatic carbocycles. The van der Waals surface area contributed by atoms with Crippen molar-refractivity contribution in [3.05, 3.63) is 11.6 Å². The van der Waals surface area contributed by atoms with Gasteiger partial charge >= 0.3 is 5.97 Å². The van der Waals surface area contributed by atoms with Crippen LogP contribution >= 0.6 is 0 Å². The fourth-order valence-corrected chi connectivity index (χ4v) is 3.37. The van der Waals surface area contributed by atoms with Crippen LogP contribution in [0.2, 0.25) is 0 Å². The summed E-state index contributed by atoms with van der Waals surface area (Å²) in [7, 11) is 0. The van der Waals surface area contributed by atoms with Gasteiger partial charge in [-0.05, 0) is 38.5 Å². The molecule has 0 saturated carbocycles. The summed E-state index contributed by atoms with van der Waals surface area (Å²) < 4.78 is 0. The van der Waals surface area contributed by atoms with Gasteiger partial charge in [-0.15, -0.1) is 0 Å². The van der Waals surface area contributed by atoms with Gasteiger partial charge in [0.1, 0.15) is 5.54 Å². The van der Waals surface area contributed by atoms with Crippen molar-refractivity contribution in [2.24, 2.45) is 11.8 Å². The summed E-state index contributed by atoms with van der Waals surface area (Å²) in [6.07, 6.45) is 6.94. The van der Waals surface area contributed by atoms with E-state index in [1.807, 2.05) is 6.92 Å². The second-order valence-corrected chi connectivity index (χ2v) is 6.30. The van der Waals surface area contributed by atoms with Gasteiger partial charge in [0.05, 0.1) is 5.92 Å². The summed E-state index contributed by atoms with van der Waals surface area (Å²) in [6.45, 7) is 6.25. The Morgan fingerprint density at radius 3 is 2.70 bits per heavy atom. The third kappa shape index (κ3) is 2.36. The quantitative estimate of drug-likeness (QED) is 0.761. The van der Waals surface area contributed by atoms with Crippen LogP contribution in [-0.2, 0) is 9.59 Å². The molecule has 1 aliphatic heterocycles. The first-order chi connectivity index (χ1) is 9.43. The van der Waals surface area contributed by atoms with Crippen molar-refractivity contribution in [3.63, 3.8) is 0 Å². The smallest absolute Gasteiger partial charge is 0.329 e. The Morgan fingerprint density at radius 1 is 1.50 bits per heavy atom. The Labute approximate surface area is 120 Å². The minimum absolute atomic E-state index is 0.00764. The van der Waals surface area contributed by atoms with Crippen molar-refractivity contribution in [2.45, 2.75) is 58.4 Å². The Hall–Kier alpha value is -1.32. The lowest BCUT2D eigenvalue weighted by Gasteiger charge is -2.34. The lowest BCUT2D eigenvalue weighted by Crippen LogP contribution is -2.53. The molecule has 2 rings (SSSR count). The number of unbranched alkanes of at least 4 members (excludes halogenated alkanes) is 1. The molecule has 0 aromatic carbocycles. The van der Waals surface area contributed by atoms with Gasteiger partial charge in [0.15, 0.2) is 0 Å². The highest BCUT2D eigenvalue weighted by molar-refractivity contribution is 5.90. The van der Waals surface area contributed by atoms with Crippen LogP contribution in [0, 0.1) is 11.8 Å². The molecular weight excluding hydrogens is 254 g/mol. The van der Waals surface area contributed by atoms with E-state index in [9.17, 15) is 14.7 Å². The number of fused-ring (bicyclic) bond motifs is 1. The zero-order valence-corrected chi connectivity index (χ0v) is 12.7. The maximum absolute atomic E-state index is 12.5. The van der Waals surface area contributed by atoms with E-state index in [0.29, 0.717) is 18.9 Å². The van der Waals surface area contributed by atoms with E-state index in [1.165, 1.54) is 18.4 Å². The molecule has 3 atom stereocenters. The van der Waals surface area contributed by atoms with Gasteiger partial charge < -0.3 is 10.0 Å². The van der Waals surface area contributed by atoms with Crippen LogP contribution in [0.4, 0.5) is 0 Å². The SMILES string of the molecule is CCCCC1=C[C@@H]2C(=O)N([C@@](C)(CC)C(=O)O)C[C@@H]2C1. The van der Waals surface area contributed by atoms with Crippen LogP contribution in [0.1, 0.15) is 52.9 Å². The second-order valence-electron chi connectivity index (χ2n) is 6.30. The highest BCUT2D eigenvalue weighted by Crippen LogP contribution is 2.42. The molecule has 0 spiro atoms. The monoisotopic (exact) mass is 279 g/mol. The number of carboxylic acid groups (broad SMARTS) is 1. The summed E-state index contributed by atoms with van der Waals surface area (Å²) in [5.74, 6) is -0.677. The summed E-state index contributed by atoms with van der Waals surface area (Å²) in [5, 5.41) is 9.43. The number of hydrogen-bond acceptors (Lipinski definition) is 2. The van der Waals surface area contributed by atoms with E-state index in [2.05, 4.69) is 13.0 Å². The van der Waals surface area contributed by atoms with E-state index in [-0.39, 0.29) is 11.8 Å². The summed E-state index contributed by atoms with van der Waals surface area (Å²) in [4.78, 5) is 25.6. The number of amides is 1. The standard InChI is InChI=1S/C16H25NO3/c1-4-6-7-11-8-12-10-17(14(18)13(12)9-11)16(3,5-2)15(19)20/h9,12-13H,4-8,10H2,1-3H3,(H,19,20)/t12-,13-,16-/m0/s1. The third-order valence-corrected chi connectivity index (χ3v) is 5.01. The van der Waals surface area contributed by atoms with Crippen molar-refractivity contribution < 1.29 is 14.7 Å². The Balaban J connectivity index is 2.12. The first kappa shape index (κ1) is 15.1. The molecule has 0 bridgehead atoms. The number of aliphatic carboxylic acids is 1. The van der Waals surface area contributed by atoms with Gasteiger partial charge in [0, 0.05) is 6.54 Å². The molecule has 0 aromatic rings. The number of rotatable bonds is 6. The Kier molecular flexibility index (Phi) is 4.21. The number of allylic oxidation sites excluding steroid dienone is 1. The van der Waals surface area contributed by atoms with Crippen LogP contribution in [0.15, 0.2) is 11.6 Å². The predicted octanol–water partition coefficient (Wildman–Crippen LogP) is 2.83. The fourth-order valence-electron chi connectivity index (χ4n) is 3.37. The molecular formula is C16H25NO3. The zero-order valence-electron chi connectivity index (χ0n) is 12.7. The molecule has 0 unspecified atom stereocenters. The van der Waals surface area contributed by atoms with Crippen molar-refractivity contribution in [1.82, 2.24) is 4.90 Å². The van der Waals surface area contributed by atoms with Crippen molar-refractivity contribution >= 4 is 11.9 Å². The number of carbonyl (C=O) groups excluding carboxylic acids is 1. The lowest BCUT2D eigenvalue weighted by atomic mass is 9.96. The largest absolute Gasteiger partial charge is 0.480 e. The first-order valence-electron chi connectivity index (χ1n) is 7.68. The Morgan fingerprint density at radius 2 is 2.20 bits per heavy atom. The molecule has 1 amide bonds. The van der Waals surface area contributed by atoms with Crippen molar-refractivity contribution in [2.75, 3.05) is 6.54 Å². The van der Waals surface area contributed by atoms with E-state index < -0.39 is 11.5 Å². The van der Waals surface area contributed by atoms with Crippen LogP contribution in [0.25, 0.3) is 0 Å². The molecule has 4 nitrogen and oxygen atoms in total. The topological polar surface area (TPSA) is 57.6 Å². The van der Waals surface area contributed by atoms with Crippen molar-refractivity contribution in [1.29, 1.82) is 0 Å². The molecule has 0 aromatic heterocycles. The molecule has 112 valence electrons. The van der Waals surface area contributed by atoms with E-state index in [0.717, 1.165) is 12.8 Å². The zero-order chi connectivity index (χ0) is 14.9. The third-order valence-electron chi connectivity index (χ3n) is 5.01. The van der Waals surface area contributed by atoms with Gasteiger partial charge in [-0.25, -0.2) is 4.79 Å². The van der Waals surface area contributed by atoms with Gasteiger partial charge in [-0.2, -0.15) is 0 Å². The maximum Gasteiger partial charge on any atom is 0.329 e. The highest BCUT2D eigenvalue weighted by atomic mass is 16.4. The molecule has 0 radical (unpaired) electrons. The molecule has 1 heterocycles. The predicted molar refractivity (Wildman–Crippen MR) is 77.2 cm³/mol. The molecule has 20 heavy (non-hydrogen) atoms. The molecule has 1 N–H and O–H groups in total. The van der Waals surface area contributed by atoms with Crippen LogP contribution in [0.3, 0.4) is 0 Å². The van der Waals surface area contributed by atoms with Gasteiger partial charge in [-0.3, -0.25) is 4.79 Å². The van der Waals surface area contributed by atoms with Gasteiger partial charge in [0.2, 0.25) is 5.91 Å². The number of hydrogen-bond donors (Lipinski definition) is 1. The maximum atomic E-state index is 12.5. The molecule has 1 fully saturated rings. The van der Waals surface area contributed by atoms with Crippen LogP contribution in [-0.4, -0.2) is 34.0 Å². The summed E-state index contributed by atoms with van der Waals surface area (Å²) >= 11 is 0. The van der Waals surface area contributed by atoms with Gasteiger partial charge in [-0.1, -0.05) is 31.9 Å². The minimum Gasteiger partial charge on any atom is -0.480 e. The normalized spacial score (nSPS) is 28.2. The van der Waals surface area contributed by atoms with Crippen molar-refractivity contribution in [3.8, 4) is 0 Å². The van der Waals surface area contributed by atoms with E-state index in [4.69, 9.17) is 0 Å². The van der Waals surface area contributed by atoms with Gasteiger partial charge in [0.25, 0.3) is 0 Å². The lowest BCUT2D eigenvalue weighted by molar-refractivity contribution is -0.156. The summed E-state index contributed by atoms with van der Waals surface area (Å²) in [5.41, 5.74) is 0.335. The molecule has 2 aliphatic rings. The fraction of sp³-hybridized carbons (Fsp3) is 0.750. The molecule has 1 saturated heterocycles. The number of nitrogens with zero attached hydrogens (tertiary/aromatic N) is 1. The number of likely N-dealkylation sites (tertiary alicyclic amines) is 1. The minimum atomic E-state index is -1.06. The summed E-state index contributed by atoms with van der Waals surface area (Å²) in [6, 6.07) is 0. The van der Waals surface area contributed by atoms with Crippen LogP contribution < -0.4 is 0 Å². The average molecular weight is 279 g/mol. The number of carbonyl (C=O) groups is 2. The Bertz CT molecular complexity index is 443. The first-order valence-corrected chi connectivity index (χ1v) is 7.68. The average Bonchev–Trinajstić information content (AvgIpc) is 2.95. The number of carboxylic acids is 1. The second kappa shape index (κ2) is 5.58. The molecule has 4 heteroatoms.